The number of benzene rings is 2. The quantitative estimate of drug-likeness (QED) is 0.384. The standard InChI is InChI=1S/C23H32N2O5Si/c1-14-21(29-2)18-13-17(25-23(27)15-5-7-16(24)8-6-15)9-10-19(18)30-22(14)20(11-12-26)31(3,4)28/h5-10,13-14,20-22,26,28H,11-12,24H2,1-4H3,(H,25,27)/t14-,20?,21-,22-/m0/s1. The summed E-state index contributed by atoms with van der Waals surface area (Å²) in [4.78, 5) is 23.4. The van der Waals surface area contributed by atoms with Crippen LogP contribution in [0.25, 0.3) is 0 Å². The van der Waals surface area contributed by atoms with Crippen molar-refractivity contribution in [2.75, 3.05) is 24.8 Å². The number of aliphatic hydroxyl groups excluding tert-OH is 1. The van der Waals surface area contributed by atoms with Crippen LogP contribution in [0.5, 0.6) is 5.75 Å². The third-order valence-corrected chi connectivity index (χ3v) is 8.44. The monoisotopic (exact) mass is 444 g/mol. The predicted octanol–water partition coefficient (Wildman–Crippen LogP) is 3.56. The highest BCUT2D eigenvalue weighted by molar-refractivity contribution is 6.71. The van der Waals surface area contributed by atoms with Crippen LogP contribution in [0.1, 0.15) is 35.4 Å². The fraction of sp³-hybridized carbons (Fsp3) is 0.435. The van der Waals surface area contributed by atoms with Gasteiger partial charge in [0.15, 0.2) is 8.32 Å². The molecular weight excluding hydrogens is 412 g/mol. The summed E-state index contributed by atoms with van der Waals surface area (Å²) in [5.41, 5.74) is 8.16. The molecule has 0 saturated carbocycles. The van der Waals surface area contributed by atoms with Crippen molar-refractivity contribution in [3.8, 4) is 5.75 Å². The number of nitrogen functional groups attached to an aromatic ring is 1. The van der Waals surface area contributed by atoms with E-state index in [1.54, 1.807) is 37.4 Å². The normalized spacial score (nSPS) is 21.7. The van der Waals surface area contributed by atoms with Crippen molar-refractivity contribution >= 4 is 25.6 Å². The number of methoxy groups -OCH3 is 1. The lowest BCUT2D eigenvalue weighted by Crippen LogP contribution is -2.48. The molecule has 0 aliphatic carbocycles. The molecule has 1 heterocycles. The van der Waals surface area contributed by atoms with Crippen molar-refractivity contribution in [3.63, 3.8) is 0 Å². The smallest absolute Gasteiger partial charge is 0.255 e. The number of amides is 1. The van der Waals surface area contributed by atoms with Crippen molar-refractivity contribution in [2.45, 2.75) is 44.2 Å². The Morgan fingerprint density at radius 1 is 1.26 bits per heavy atom. The third-order valence-electron chi connectivity index (χ3n) is 6.00. The maximum absolute atomic E-state index is 12.6. The van der Waals surface area contributed by atoms with Crippen LogP contribution in [-0.4, -0.2) is 43.9 Å². The summed E-state index contributed by atoms with van der Waals surface area (Å²) < 4.78 is 12.2. The van der Waals surface area contributed by atoms with Crippen LogP contribution in [0.3, 0.4) is 0 Å². The van der Waals surface area contributed by atoms with E-state index in [1.165, 1.54) is 0 Å². The van der Waals surface area contributed by atoms with Gasteiger partial charge in [-0.05, 0) is 62.0 Å². The molecule has 168 valence electrons. The van der Waals surface area contributed by atoms with E-state index in [2.05, 4.69) is 5.32 Å². The molecule has 8 heteroatoms. The summed E-state index contributed by atoms with van der Waals surface area (Å²) in [5.74, 6) is 0.394. The van der Waals surface area contributed by atoms with Crippen LogP contribution in [0.4, 0.5) is 11.4 Å². The number of aliphatic hydroxyl groups is 1. The number of nitrogens with two attached hydrogens (primary N) is 1. The van der Waals surface area contributed by atoms with Crippen molar-refractivity contribution in [1.82, 2.24) is 0 Å². The first-order valence-electron chi connectivity index (χ1n) is 10.5. The average molecular weight is 445 g/mol. The molecule has 5 N–H and O–H groups in total. The molecular formula is C23H32N2O5Si. The molecule has 1 aliphatic rings. The van der Waals surface area contributed by atoms with Crippen LogP contribution in [0.15, 0.2) is 42.5 Å². The van der Waals surface area contributed by atoms with Gasteiger partial charge >= 0.3 is 0 Å². The Bertz CT molecular complexity index is 913. The summed E-state index contributed by atoms with van der Waals surface area (Å²) in [6, 6.07) is 12.2. The van der Waals surface area contributed by atoms with Gasteiger partial charge < -0.3 is 30.4 Å². The van der Waals surface area contributed by atoms with E-state index >= 15 is 0 Å². The minimum atomic E-state index is -2.58. The lowest BCUT2D eigenvalue weighted by atomic mass is 9.86. The van der Waals surface area contributed by atoms with Crippen LogP contribution in [0, 0.1) is 5.92 Å². The van der Waals surface area contributed by atoms with Gasteiger partial charge in [-0.1, -0.05) is 6.92 Å². The molecule has 1 aliphatic heterocycles. The Morgan fingerprint density at radius 2 is 1.94 bits per heavy atom. The van der Waals surface area contributed by atoms with E-state index in [0.29, 0.717) is 29.1 Å². The maximum atomic E-state index is 12.6. The lowest BCUT2D eigenvalue weighted by Gasteiger charge is -2.43. The van der Waals surface area contributed by atoms with Crippen molar-refractivity contribution in [3.05, 3.63) is 53.6 Å². The Morgan fingerprint density at radius 3 is 2.52 bits per heavy atom. The van der Waals surface area contributed by atoms with E-state index in [1.807, 2.05) is 32.2 Å². The number of hydrogen-bond acceptors (Lipinski definition) is 6. The van der Waals surface area contributed by atoms with E-state index in [0.717, 1.165) is 5.56 Å². The Balaban J connectivity index is 1.87. The highest BCUT2D eigenvalue weighted by Gasteiger charge is 2.45. The first kappa shape index (κ1) is 23.3. The minimum Gasteiger partial charge on any atom is -0.490 e. The fourth-order valence-electron chi connectivity index (χ4n) is 4.35. The summed E-state index contributed by atoms with van der Waals surface area (Å²) in [6.07, 6.45) is -0.0576. The van der Waals surface area contributed by atoms with Gasteiger partial charge in [0.2, 0.25) is 0 Å². The lowest BCUT2D eigenvalue weighted by molar-refractivity contribution is -0.0255. The first-order valence-corrected chi connectivity index (χ1v) is 13.5. The summed E-state index contributed by atoms with van der Waals surface area (Å²) in [5, 5.41) is 12.5. The second-order valence-electron chi connectivity index (χ2n) is 8.70. The summed E-state index contributed by atoms with van der Waals surface area (Å²) in [6.45, 7) is 5.77. The van der Waals surface area contributed by atoms with Gasteiger partial charge in [-0.25, -0.2) is 0 Å². The van der Waals surface area contributed by atoms with Crippen LogP contribution < -0.4 is 15.8 Å². The second kappa shape index (κ2) is 9.40. The van der Waals surface area contributed by atoms with Crippen LogP contribution in [0.2, 0.25) is 18.6 Å². The first-order chi connectivity index (χ1) is 14.7. The Hall–Kier alpha value is -2.39. The average Bonchev–Trinajstić information content (AvgIpc) is 2.71. The Kier molecular flexibility index (Phi) is 7.05. The zero-order valence-corrected chi connectivity index (χ0v) is 19.5. The highest BCUT2D eigenvalue weighted by atomic mass is 28.4. The minimum absolute atomic E-state index is 0.00511. The molecule has 0 radical (unpaired) electrons. The number of rotatable bonds is 7. The third kappa shape index (κ3) is 5.09. The van der Waals surface area contributed by atoms with E-state index in [4.69, 9.17) is 15.2 Å². The molecule has 3 rings (SSSR count). The zero-order valence-electron chi connectivity index (χ0n) is 18.5. The van der Waals surface area contributed by atoms with Gasteiger partial charge in [-0.2, -0.15) is 0 Å². The van der Waals surface area contributed by atoms with Gasteiger partial charge in [0, 0.05) is 47.7 Å². The number of fused-ring (bicyclic) bond motifs is 1. The number of anilines is 2. The number of hydrogen-bond donors (Lipinski definition) is 4. The maximum Gasteiger partial charge on any atom is 0.255 e. The van der Waals surface area contributed by atoms with E-state index in [-0.39, 0.29) is 36.2 Å². The van der Waals surface area contributed by atoms with Crippen molar-refractivity contribution in [2.24, 2.45) is 5.92 Å². The molecule has 0 aromatic heterocycles. The Labute approximate surface area is 184 Å². The largest absolute Gasteiger partial charge is 0.490 e. The number of carbonyl (C=O) groups excluding carboxylic acids is 1. The molecule has 0 fully saturated rings. The predicted molar refractivity (Wildman–Crippen MR) is 124 cm³/mol. The van der Waals surface area contributed by atoms with Crippen LogP contribution >= 0.6 is 0 Å². The SMILES string of the molecule is CO[C@@H]1c2cc(NC(=O)c3ccc(N)cc3)ccc2O[C@H](C(CCO)[Si](C)(C)O)[C@H]1C. The van der Waals surface area contributed by atoms with Crippen LogP contribution in [-0.2, 0) is 4.74 Å². The van der Waals surface area contributed by atoms with E-state index in [9.17, 15) is 14.7 Å². The second-order valence-corrected chi connectivity index (χ2v) is 12.7. The number of ether oxygens (including phenoxy) is 2. The molecule has 0 saturated heterocycles. The molecule has 2 aromatic carbocycles. The molecule has 1 unspecified atom stereocenters. The fourth-order valence-corrected chi connectivity index (χ4v) is 6.36. The van der Waals surface area contributed by atoms with Crippen molar-refractivity contribution in [1.29, 1.82) is 0 Å². The number of carbonyl (C=O) groups is 1. The number of nitrogens with one attached hydrogen (secondary N) is 1. The molecule has 7 nitrogen and oxygen atoms in total. The summed E-state index contributed by atoms with van der Waals surface area (Å²) >= 11 is 0. The van der Waals surface area contributed by atoms with Gasteiger partial charge in [0.05, 0.1) is 6.10 Å². The van der Waals surface area contributed by atoms with Gasteiger partial charge in [-0.3, -0.25) is 4.79 Å². The topological polar surface area (TPSA) is 114 Å². The van der Waals surface area contributed by atoms with Gasteiger partial charge in [-0.15, -0.1) is 0 Å². The van der Waals surface area contributed by atoms with Gasteiger partial charge in [0.1, 0.15) is 11.9 Å². The molecule has 0 spiro atoms. The molecule has 1 amide bonds. The molecule has 4 atom stereocenters. The van der Waals surface area contributed by atoms with Crippen molar-refractivity contribution < 1.29 is 24.2 Å². The molecule has 31 heavy (non-hydrogen) atoms. The molecule has 0 bridgehead atoms. The summed E-state index contributed by atoms with van der Waals surface area (Å²) in [7, 11) is -0.933. The van der Waals surface area contributed by atoms with Gasteiger partial charge in [0.25, 0.3) is 5.91 Å². The zero-order chi connectivity index (χ0) is 22.8. The highest BCUT2D eigenvalue weighted by Crippen LogP contribution is 2.47. The molecule has 2 aromatic rings. The van der Waals surface area contributed by atoms with E-state index < -0.39 is 8.32 Å².